The zero-order valence-corrected chi connectivity index (χ0v) is 15.4. The van der Waals surface area contributed by atoms with Gasteiger partial charge in [0.25, 0.3) is 5.91 Å². The maximum Gasteiger partial charge on any atom is 0.418 e. The number of carbonyl (C=O) groups is 1. The number of amides is 1. The molecule has 148 valence electrons. The van der Waals surface area contributed by atoms with Crippen LogP contribution >= 0.6 is 12.4 Å². The lowest BCUT2D eigenvalue weighted by Gasteiger charge is -2.16. The minimum atomic E-state index is -4.60. The fraction of sp³-hybridized carbons (Fsp3) is 0.353. The van der Waals surface area contributed by atoms with Gasteiger partial charge in [-0.15, -0.1) is 12.4 Å². The summed E-state index contributed by atoms with van der Waals surface area (Å²) < 4.78 is 40.7. The Morgan fingerprint density at radius 3 is 2.56 bits per heavy atom. The topological polar surface area (TPSA) is 90.0 Å². The summed E-state index contributed by atoms with van der Waals surface area (Å²) >= 11 is 0. The first-order chi connectivity index (χ1) is 12.3. The van der Waals surface area contributed by atoms with Crippen molar-refractivity contribution in [3.8, 4) is 5.69 Å². The number of aryl methyl sites for hydroxylation is 1. The van der Waals surface area contributed by atoms with Crippen molar-refractivity contribution in [1.29, 1.82) is 0 Å². The predicted octanol–water partition coefficient (Wildman–Crippen LogP) is 2.45. The summed E-state index contributed by atoms with van der Waals surface area (Å²) in [5, 5.41) is 6.41. The zero-order valence-electron chi connectivity index (χ0n) is 14.5. The van der Waals surface area contributed by atoms with Crippen LogP contribution in [0.3, 0.4) is 0 Å². The van der Waals surface area contributed by atoms with E-state index in [1.165, 1.54) is 25.1 Å². The minimum Gasteiger partial charge on any atom is -0.351 e. The zero-order chi connectivity index (χ0) is 19.3. The van der Waals surface area contributed by atoms with Crippen molar-refractivity contribution in [2.75, 3.05) is 13.1 Å². The minimum absolute atomic E-state index is 0. The van der Waals surface area contributed by atoms with Crippen LogP contribution in [0.2, 0.25) is 0 Å². The number of carbonyl (C=O) groups excluding carboxylic acids is 1. The lowest BCUT2D eigenvalue weighted by Crippen LogP contribution is -2.33. The number of para-hydroxylation sites is 1. The Bertz CT molecular complexity index is 853. The van der Waals surface area contributed by atoms with Gasteiger partial charge in [-0.2, -0.15) is 18.3 Å². The van der Waals surface area contributed by atoms with Crippen LogP contribution < -0.4 is 16.5 Å². The lowest BCUT2D eigenvalue weighted by atomic mass is 10.1. The average molecular weight is 405 g/mol. The molecule has 0 aliphatic heterocycles. The standard InChI is InChI=1S/C17H19F3N4O2.ClH/c1-11-10-14(25)15(16(26)22-9-5-4-8-21)23-24(11)13-7-3-2-6-12(13)17(18,19)20;/h2-3,6-7,10H,4-5,8-9,21H2,1H3,(H,22,26);1H. The highest BCUT2D eigenvalue weighted by molar-refractivity contribution is 5.92. The first-order valence-electron chi connectivity index (χ1n) is 8.01. The molecule has 0 aliphatic rings. The molecule has 0 atom stereocenters. The number of hydrogen-bond donors (Lipinski definition) is 2. The van der Waals surface area contributed by atoms with Crippen LogP contribution in [-0.4, -0.2) is 28.8 Å². The van der Waals surface area contributed by atoms with Crippen molar-refractivity contribution < 1.29 is 18.0 Å². The smallest absolute Gasteiger partial charge is 0.351 e. The molecule has 0 aliphatic carbocycles. The largest absolute Gasteiger partial charge is 0.418 e. The van der Waals surface area contributed by atoms with Crippen molar-refractivity contribution in [3.63, 3.8) is 0 Å². The number of unbranched alkanes of at least 4 members (excludes halogenated alkanes) is 1. The average Bonchev–Trinajstić information content (AvgIpc) is 2.58. The molecule has 0 fully saturated rings. The molecule has 0 bridgehead atoms. The predicted molar refractivity (Wildman–Crippen MR) is 97.4 cm³/mol. The van der Waals surface area contributed by atoms with Gasteiger partial charge in [-0.05, 0) is 38.4 Å². The van der Waals surface area contributed by atoms with E-state index in [-0.39, 0.29) is 23.8 Å². The van der Waals surface area contributed by atoms with Gasteiger partial charge in [-0.3, -0.25) is 9.59 Å². The molecule has 3 N–H and O–H groups in total. The van der Waals surface area contributed by atoms with Gasteiger partial charge < -0.3 is 11.1 Å². The van der Waals surface area contributed by atoms with E-state index in [2.05, 4.69) is 10.4 Å². The molecule has 1 aromatic carbocycles. The van der Waals surface area contributed by atoms with Crippen LogP contribution in [-0.2, 0) is 6.18 Å². The van der Waals surface area contributed by atoms with Gasteiger partial charge in [-0.1, -0.05) is 12.1 Å². The van der Waals surface area contributed by atoms with Gasteiger partial charge >= 0.3 is 6.18 Å². The Hall–Kier alpha value is -2.39. The Morgan fingerprint density at radius 1 is 1.26 bits per heavy atom. The van der Waals surface area contributed by atoms with Gasteiger partial charge in [0, 0.05) is 18.3 Å². The summed E-state index contributed by atoms with van der Waals surface area (Å²) in [5.41, 5.74) is 3.27. The number of nitrogens with two attached hydrogens (primary N) is 1. The van der Waals surface area contributed by atoms with Crippen LogP contribution in [0.1, 0.15) is 34.6 Å². The molecule has 0 unspecified atom stereocenters. The Labute approximate surface area is 160 Å². The third kappa shape index (κ3) is 5.54. The second kappa shape index (κ2) is 9.52. The summed E-state index contributed by atoms with van der Waals surface area (Å²) in [6.07, 6.45) is -3.28. The molecular weight excluding hydrogens is 385 g/mol. The molecule has 1 amide bonds. The normalized spacial score (nSPS) is 11.0. The number of nitrogens with one attached hydrogen (secondary N) is 1. The third-order valence-electron chi connectivity index (χ3n) is 3.68. The molecule has 10 heteroatoms. The highest BCUT2D eigenvalue weighted by Crippen LogP contribution is 2.33. The number of halogens is 4. The van der Waals surface area contributed by atoms with Gasteiger partial charge in [0.05, 0.1) is 11.3 Å². The molecule has 1 heterocycles. The highest BCUT2D eigenvalue weighted by atomic mass is 35.5. The van der Waals surface area contributed by atoms with E-state index >= 15 is 0 Å². The number of alkyl halides is 3. The summed E-state index contributed by atoms with van der Waals surface area (Å²) in [6, 6.07) is 5.93. The maximum atomic E-state index is 13.3. The van der Waals surface area contributed by atoms with E-state index < -0.39 is 28.8 Å². The molecule has 27 heavy (non-hydrogen) atoms. The Morgan fingerprint density at radius 2 is 1.93 bits per heavy atom. The fourth-order valence-corrected chi connectivity index (χ4v) is 2.40. The van der Waals surface area contributed by atoms with E-state index in [1.807, 2.05) is 0 Å². The number of benzene rings is 1. The molecule has 0 radical (unpaired) electrons. The first kappa shape index (κ1) is 22.7. The number of hydrogen-bond acceptors (Lipinski definition) is 4. The lowest BCUT2D eigenvalue weighted by molar-refractivity contribution is -0.137. The maximum absolute atomic E-state index is 13.3. The molecule has 1 aromatic heterocycles. The van der Waals surface area contributed by atoms with E-state index in [4.69, 9.17) is 5.73 Å². The monoisotopic (exact) mass is 404 g/mol. The molecule has 2 rings (SSSR count). The third-order valence-corrected chi connectivity index (χ3v) is 3.68. The Balaban J connectivity index is 0.00000364. The number of rotatable bonds is 6. The van der Waals surface area contributed by atoms with Crippen molar-refractivity contribution in [2.24, 2.45) is 5.73 Å². The van der Waals surface area contributed by atoms with Crippen LogP contribution in [0.4, 0.5) is 13.2 Å². The van der Waals surface area contributed by atoms with Gasteiger partial charge in [0.1, 0.15) is 0 Å². The second-order valence-electron chi connectivity index (χ2n) is 5.68. The van der Waals surface area contributed by atoms with E-state index in [0.717, 1.165) is 16.8 Å². The van der Waals surface area contributed by atoms with Crippen LogP contribution in [0.5, 0.6) is 0 Å². The highest BCUT2D eigenvalue weighted by Gasteiger charge is 2.34. The second-order valence-corrected chi connectivity index (χ2v) is 5.68. The van der Waals surface area contributed by atoms with E-state index in [1.54, 1.807) is 0 Å². The fourth-order valence-electron chi connectivity index (χ4n) is 2.40. The first-order valence-corrected chi connectivity index (χ1v) is 8.01. The van der Waals surface area contributed by atoms with Crippen LogP contribution in [0, 0.1) is 6.92 Å². The molecule has 0 saturated heterocycles. The molecule has 0 spiro atoms. The molecule has 2 aromatic rings. The summed E-state index contributed by atoms with van der Waals surface area (Å²) in [5.74, 6) is -0.731. The van der Waals surface area contributed by atoms with Crippen molar-refractivity contribution in [2.45, 2.75) is 25.9 Å². The quantitative estimate of drug-likeness (QED) is 0.724. The molecule has 6 nitrogen and oxygen atoms in total. The molecule has 0 saturated carbocycles. The van der Waals surface area contributed by atoms with E-state index in [0.29, 0.717) is 25.9 Å². The summed E-state index contributed by atoms with van der Waals surface area (Å²) in [7, 11) is 0. The molecular formula is C17H20ClF3N4O2. The summed E-state index contributed by atoms with van der Waals surface area (Å²) in [4.78, 5) is 24.2. The Kier molecular flexibility index (Phi) is 7.98. The van der Waals surface area contributed by atoms with Gasteiger partial charge in [-0.25, -0.2) is 4.68 Å². The SMILES string of the molecule is Cc1cc(=O)c(C(=O)NCCCCN)nn1-c1ccccc1C(F)(F)F.Cl. The summed E-state index contributed by atoms with van der Waals surface area (Å²) in [6.45, 7) is 2.22. The number of nitrogens with zero attached hydrogens (tertiary/aromatic N) is 2. The van der Waals surface area contributed by atoms with E-state index in [9.17, 15) is 22.8 Å². The van der Waals surface area contributed by atoms with Crippen LogP contribution in [0.15, 0.2) is 35.1 Å². The van der Waals surface area contributed by atoms with Crippen molar-refractivity contribution >= 4 is 18.3 Å². The van der Waals surface area contributed by atoms with Crippen molar-refractivity contribution in [1.82, 2.24) is 15.1 Å². The van der Waals surface area contributed by atoms with Crippen LogP contribution in [0.25, 0.3) is 5.69 Å². The van der Waals surface area contributed by atoms with Crippen molar-refractivity contribution in [3.05, 3.63) is 57.5 Å². The van der Waals surface area contributed by atoms with Gasteiger partial charge in [0.2, 0.25) is 5.43 Å². The number of aromatic nitrogens is 2. The van der Waals surface area contributed by atoms with Gasteiger partial charge in [0.15, 0.2) is 5.69 Å².